The van der Waals surface area contributed by atoms with Crippen molar-refractivity contribution in [3.63, 3.8) is 0 Å². The number of carbonyl (C=O) groups excluding carboxylic acids is 1. The molecule has 2 aromatic heterocycles. The molecule has 1 saturated heterocycles. The first kappa shape index (κ1) is 16.3. The molecular weight excluding hydrogens is 310 g/mol. The lowest BCUT2D eigenvalue weighted by atomic mass is 10.2. The molecule has 3 rings (SSSR count). The van der Waals surface area contributed by atoms with Crippen LogP contribution in [0.15, 0.2) is 24.5 Å². The summed E-state index contributed by atoms with van der Waals surface area (Å²) < 4.78 is 12.2. The molecule has 2 aromatic rings. The van der Waals surface area contributed by atoms with Gasteiger partial charge in [0.2, 0.25) is 0 Å². The lowest BCUT2D eigenvalue weighted by Gasteiger charge is -2.22. The third-order valence-corrected chi connectivity index (χ3v) is 3.89. The van der Waals surface area contributed by atoms with Gasteiger partial charge in [0.25, 0.3) is 0 Å². The van der Waals surface area contributed by atoms with Crippen LogP contribution in [0.25, 0.3) is 0 Å². The Morgan fingerprint density at radius 2 is 2.38 bits per heavy atom. The number of hydrogen-bond acceptors (Lipinski definition) is 7. The molecule has 8 heteroatoms. The van der Waals surface area contributed by atoms with Gasteiger partial charge in [-0.1, -0.05) is 0 Å². The van der Waals surface area contributed by atoms with Crippen LogP contribution in [0, 0.1) is 0 Å². The van der Waals surface area contributed by atoms with E-state index in [1.54, 1.807) is 12.3 Å². The van der Waals surface area contributed by atoms with Gasteiger partial charge in [-0.15, -0.1) is 0 Å². The quantitative estimate of drug-likeness (QED) is 0.807. The molecule has 8 nitrogen and oxygen atoms in total. The summed E-state index contributed by atoms with van der Waals surface area (Å²) in [4.78, 5) is 15.7. The Bertz CT molecular complexity index is 709. The van der Waals surface area contributed by atoms with E-state index in [4.69, 9.17) is 10.5 Å². The van der Waals surface area contributed by atoms with E-state index in [1.807, 2.05) is 10.9 Å². The second-order valence-corrected chi connectivity index (χ2v) is 5.63. The van der Waals surface area contributed by atoms with Crippen molar-refractivity contribution >= 4 is 17.5 Å². The molecule has 0 radical (unpaired) electrons. The first-order valence-corrected chi connectivity index (χ1v) is 7.90. The lowest BCUT2D eigenvalue weighted by Crippen LogP contribution is -2.18. The van der Waals surface area contributed by atoms with Crippen LogP contribution in [0.5, 0.6) is 0 Å². The first-order chi connectivity index (χ1) is 11.7. The fourth-order valence-corrected chi connectivity index (χ4v) is 2.57. The Kier molecular flexibility index (Phi) is 4.95. The SMILES string of the molecule is COC(=O)c1ccc(N)c(NCc2cnn(C3CCCCO3)c2)n1. The fourth-order valence-electron chi connectivity index (χ4n) is 2.57. The number of rotatable bonds is 5. The zero-order valence-electron chi connectivity index (χ0n) is 13.6. The van der Waals surface area contributed by atoms with Gasteiger partial charge in [-0.2, -0.15) is 5.10 Å². The van der Waals surface area contributed by atoms with Gasteiger partial charge in [-0.25, -0.2) is 14.5 Å². The first-order valence-electron chi connectivity index (χ1n) is 7.90. The Morgan fingerprint density at radius 1 is 1.50 bits per heavy atom. The maximum absolute atomic E-state index is 11.5. The van der Waals surface area contributed by atoms with Gasteiger partial charge in [0.1, 0.15) is 12.0 Å². The van der Waals surface area contributed by atoms with Gasteiger partial charge >= 0.3 is 5.97 Å². The summed E-state index contributed by atoms with van der Waals surface area (Å²) in [6, 6.07) is 3.16. The summed E-state index contributed by atoms with van der Waals surface area (Å²) in [7, 11) is 1.31. The summed E-state index contributed by atoms with van der Waals surface area (Å²) in [5.74, 6) is -0.0557. The van der Waals surface area contributed by atoms with Crippen LogP contribution in [0.4, 0.5) is 11.5 Å². The Hall–Kier alpha value is -2.61. The van der Waals surface area contributed by atoms with Crippen LogP contribution < -0.4 is 11.1 Å². The molecule has 128 valence electrons. The number of anilines is 2. The number of carbonyl (C=O) groups is 1. The van der Waals surface area contributed by atoms with E-state index in [0.717, 1.165) is 31.4 Å². The number of methoxy groups -OCH3 is 1. The summed E-state index contributed by atoms with van der Waals surface area (Å²) in [6.45, 7) is 1.27. The van der Waals surface area contributed by atoms with Crippen LogP contribution >= 0.6 is 0 Å². The van der Waals surface area contributed by atoms with Crippen LogP contribution in [0.2, 0.25) is 0 Å². The van der Waals surface area contributed by atoms with Crippen molar-refractivity contribution in [2.24, 2.45) is 0 Å². The molecule has 24 heavy (non-hydrogen) atoms. The zero-order valence-corrected chi connectivity index (χ0v) is 13.6. The highest BCUT2D eigenvalue weighted by Crippen LogP contribution is 2.22. The third kappa shape index (κ3) is 3.65. The number of nitrogens with zero attached hydrogens (tertiary/aromatic N) is 3. The van der Waals surface area contributed by atoms with Crippen molar-refractivity contribution in [3.05, 3.63) is 35.8 Å². The van der Waals surface area contributed by atoms with Gasteiger partial charge in [0.15, 0.2) is 5.69 Å². The van der Waals surface area contributed by atoms with Gasteiger partial charge in [0.05, 0.1) is 19.0 Å². The molecular formula is C16H21N5O3. The highest BCUT2D eigenvalue weighted by Gasteiger charge is 2.16. The van der Waals surface area contributed by atoms with Crippen LogP contribution in [0.3, 0.4) is 0 Å². The van der Waals surface area contributed by atoms with E-state index in [0.29, 0.717) is 18.1 Å². The highest BCUT2D eigenvalue weighted by atomic mass is 16.5. The summed E-state index contributed by atoms with van der Waals surface area (Å²) in [5, 5.41) is 7.49. The van der Waals surface area contributed by atoms with Gasteiger partial charge in [-0.3, -0.25) is 0 Å². The Balaban J connectivity index is 1.65. The van der Waals surface area contributed by atoms with Crippen molar-refractivity contribution in [3.8, 4) is 0 Å². The van der Waals surface area contributed by atoms with E-state index in [2.05, 4.69) is 20.1 Å². The fraction of sp³-hybridized carbons (Fsp3) is 0.438. The maximum atomic E-state index is 11.5. The highest BCUT2D eigenvalue weighted by molar-refractivity contribution is 5.88. The number of nitrogens with one attached hydrogen (secondary N) is 1. The minimum absolute atomic E-state index is 0.0124. The number of esters is 1. The smallest absolute Gasteiger partial charge is 0.356 e. The summed E-state index contributed by atoms with van der Waals surface area (Å²) in [6.07, 6.45) is 6.98. The molecule has 0 bridgehead atoms. The van der Waals surface area contributed by atoms with Crippen molar-refractivity contribution in [1.82, 2.24) is 14.8 Å². The summed E-state index contributed by atoms with van der Waals surface area (Å²) >= 11 is 0. The second kappa shape index (κ2) is 7.31. The van der Waals surface area contributed by atoms with E-state index in [-0.39, 0.29) is 11.9 Å². The number of nitrogens with two attached hydrogens (primary N) is 1. The van der Waals surface area contributed by atoms with Crippen LogP contribution in [-0.2, 0) is 16.0 Å². The number of pyridine rings is 1. The van der Waals surface area contributed by atoms with Crippen molar-refractivity contribution in [1.29, 1.82) is 0 Å². The van der Waals surface area contributed by atoms with Crippen molar-refractivity contribution in [2.75, 3.05) is 24.8 Å². The molecule has 3 N–H and O–H groups in total. The topological polar surface area (TPSA) is 104 Å². The lowest BCUT2D eigenvalue weighted by molar-refractivity contribution is -0.0395. The number of hydrogen-bond donors (Lipinski definition) is 2. The van der Waals surface area contributed by atoms with Crippen molar-refractivity contribution in [2.45, 2.75) is 32.0 Å². The molecule has 0 aliphatic carbocycles. The van der Waals surface area contributed by atoms with Gasteiger partial charge in [0, 0.05) is 24.9 Å². The van der Waals surface area contributed by atoms with E-state index < -0.39 is 5.97 Å². The average Bonchev–Trinajstić information content (AvgIpc) is 3.10. The maximum Gasteiger partial charge on any atom is 0.356 e. The molecule has 1 fully saturated rings. The second-order valence-electron chi connectivity index (χ2n) is 5.63. The van der Waals surface area contributed by atoms with Gasteiger partial charge in [-0.05, 0) is 31.4 Å². The Morgan fingerprint density at radius 3 is 3.12 bits per heavy atom. The largest absolute Gasteiger partial charge is 0.464 e. The number of aromatic nitrogens is 3. The van der Waals surface area contributed by atoms with E-state index in [1.165, 1.54) is 13.2 Å². The van der Waals surface area contributed by atoms with Crippen molar-refractivity contribution < 1.29 is 14.3 Å². The number of ether oxygens (including phenoxy) is 2. The minimum Gasteiger partial charge on any atom is -0.464 e. The van der Waals surface area contributed by atoms with Crippen LogP contribution in [-0.4, -0.2) is 34.5 Å². The molecule has 0 spiro atoms. The van der Waals surface area contributed by atoms with Gasteiger partial charge < -0.3 is 20.5 Å². The third-order valence-electron chi connectivity index (χ3n) is 3.89. The van der Waals surface area contributed by atoms with E-state index >= 15 is 0 Å². The number of nitrogen functional groups attached to an aromatic ring is 1. The van der Waals surface area contributed by atoms with E-state index in [9.17, 15) is 4.79 Å². The molecule has 1 atom stereocenters. The molecule has 0 saturated carbocycles. The average molecular weight is 331 g/mol. The predicted octanol–water partition coefficient (Wildman–Crippen LogP) is 1.96. The molecule has 1 unspecified atom stereocenters. The standard InChI is InChI=1S/C16H21N5O3/c1-23-16(22)13-6-5-12(17)15(20-13)18-8-11-9-19-21(10-11)14-4-2-3-7-24-14/h5-6,9-10,14H,2-4,7-8,17H2,1H3,(H,18,20). The predicted molar refractivity (Wildman–Crippen MR) is 88.4 cm³/mol. The zero-order chi connectivity index (χ0) is 16.9. The summed E-state index contributed by atoms with van der Waals surface area (Å²) in [5.41, 5.74) is 7.55. The molecule has 1 aliphatic heterocycles. The molecule has 3 heterocycles. The monoisotopic (exact) mass is 331 g/mol. The Labute approximate surface area is 140 Å². The normalized spacial score (nSPS) is 17.5. The molecule has 0 amide bonds. The molecule has 0 aromatic carbocycles. The minimum atomic E-state index is -0.500. The van der Waals surface area contributed by atoms with Crippen LogP contribution in [0.1, 0.15) is 41.5 Å². The molecule has 1 aliphatic rings.